The van der Waals surface area contributed by atoms with Crippen LogP contribution in [0, 0.1) is 5.92 Å². The van der Waals surface area contributed by atoms with E-state index in [0.717, 1.165) is 30.8 Å². The van der Waals surface area contributed by atoms with Gasteiger partial charge in [-0.15, -0.1) is 0 Å². The van der Waals surface area contributed by atoms with Crippen LogP contribution in [0.1, 0.15) is 12.8 Å². The number of ether oxygens (including phenoxy) is 1. The van der Waals surface area contributed by atoms with Crippen molar-refractivity contribution in [1.82, 2.24) is 15.0 Å². The van der Waals surface area contributed by atoms with Crippen molar-refractivity contribution in [3.05, 3.63) is 67.3 Å². The summed E-state index contributed by atoms with van der Waals surface area (Å²) in [5.41, 5.74) is 0.750. The van der Waals surface area contributed by atoms with Crippen LogP contribution in [0.2, 0.25) is 0 Å². The number of hydrogen-bond acceptors (Lipinski definition) is 6. The van der Waals surface area contributed by atoms with Gasteiger partial charge in [0.1, 0.15) is 11.5 Å². The van der Waals surface area contributed by atoms with E-state index < -0.39 is 0 Å². The fourth-order valence-electron chi connectivity index (χ4n) is 3.22. The monoisotopic (exact) mass is 375 g/mol. The number of hydrogen-bond donors (Lipinski definition) is 1. The number of pyridine rings is 1. The number of nitrogens with one attached hydrogen (secondary N) is 1. The number of anilines is 2. The van der Waals surface area contributed by atoms with Crippen molar-refractivity contribution in [2.75, 3.05) is 23.3 Å². The van der Waals surface area contributed by atoms with Gasteiger partial charge in [-0.05, 0) is 55.3 Å². The van der Waals surface area contributed by atoms with Crippen molar-refractivity contribution in [1.29, 1.82) is 0 Å². The molecule has 28 heavy (non-hydrogen) atoms. The zero-order valence-electron chi connectivity index (χ0n) is 15.4. The largest absolute Gasteiger partial charge is 0.457 e. The Morgan fingerprint density at radius 1 is 1.00 bits per heavy atom. The van der Waals surface area contributed by atoms with E-state index in [1.165, 1.54) is 0 Å². The van der Waals surface area contributed by atoms with Gasteiger partial charge in [-0.1, -0.05) is 0 Å². The number of benzene rings is 1. The van der Waals surface area contributed by atoms with Crippen LogP contribution in [-0.2, 0) is 4.79 Å². The molecule has 1 aromatic carbocycles. The van der Waals surface area contributed by atoms with E-state index in [0.29, 0.717) is 18.2 Å². The molecule has 1 atom stereocenters. The molecule has 1 fully saturated rings. The highest BCUT2D eigenvalue weighted by Crippen LogP contribution is 2.24. The topological polar surface area (TPSA) is 80.2 Å². The minimum atomic E-state index is -0.0923. The minimum Gasteiger partial charge on any atom is -0.457 e. The van der Waals surface area contributed by atoms with Gasteiger partial charge in [0.05, 0.1) is 5.92 Å². The van der Waals surface area contributed by atoms with Crippen molar-refractivity contribution >= 4 is 17.5 Å². The van der Waals surface area contributed by atoms with E-state index in [1.54, 1.807) is 43.0 Å². The maximum atomic E-state index is 12.7. The lowest BCUT2D eigenvalue weighted by Crippen LogP contribution is -2.41. The quantitative estimate of drug-likeness (QED) is 0.735. The van der Waals surface area contributed by atoms with Crippen LogP contribution in [0.3, 0.4) is 0 Å². The standard InChI is InChI=1S/C21H21N5O2/c27-20(16-3-1-14-26(15-16)21-23-10-2-11-24-21)25-17-4-6-18(7-5-17)28-19-8-12-22-13-9-19/h2,4-13,16H,1,3,14-15H2,(H,25,27). The molecular formula is C21H21N5O2. The maximum Gasteiger partial charge on any atom is 0.229 e. The molecule has 1 saturated heterocycles. The first-order chi connectivity index (χ1) is 13.8. The molecule has 142 valence electrons. The third-order valence-corrected chi connectivity index (χ3v) is 4.63. The van der Waals surface area contributed by atoms with E-state index in [4.69, 9.17) is 4.74 Å². The van der Waals surface area contributed by atoms with Crippen LogP contribution >= 0.6 is 0 Å². The van der Waals surface area contributed by atoms with Crippen LogP contribution in [0.4, 0.5) is 11.6 Å². The summed E-state index contributed by atoms with van der Waals surface area (Å²) >= 11 is 0. The van der Waals surface area contributed by atoms with Crippen LogP contribution in [0.5, 0.6) is 11.5 Å². The van der Waals surface area contributed by atoms with Gasteiger partial charge in [-0.2, -0.15) is 0 Å². The molecule has 0 spiro atoms. The summed E-state index contributed by atoms with van der Waals surface area (Å²) in [6, 6.07) is 12.7. The lowest BCUT2D eigenvalue weighted by atomic mass is 9.97. The lowest BCUT2D eigenvalue weighted by molar-refractivity contribution is -0.120. The summed E-state index contributed by atoms with van der Waals surface area (Å²) in [5, 5.41) is 3.00. The molecule has 0 radical (unpaired) electrons. The summed E-state index contributed by atoms with van der Waals surface area (Å²) in [7, 11) is 0. The van der Waals surface area contributed by atoms with Gasteiger partial charge in [0, 0.05) is 43.6 Å². The van der Waals surface area contributed by atoms with Crippen molar-refractivity contribution in [3.8, 4) is 11.5 Å². The molecule has 1 amide bonds. The van der Waals surface area contributed by atoms with Crippen LogP contribution in [0.25, 0.3) is 0 Å². The average molecular weight is 375 g/mol. The third-order valence-electron chi connectivity index (χ3n) is 4.63. The van der Waals surface area contributed by atoms with Crippen LogP contribution in [-0.4, -0.2) is 33.9 Å². The predicted molar refractivity (Wildman–Crippen MR) is 106 cm³/mol. The van der Waals surface area contributed by atoms with Gasteiger partial charge < -0.3 is 15.0 Å². The van der Waals surface area contributed by atoms with Crippen LogP contribution < -0.4 is 15.0 Å². The number of aromatic nitrogens is 3. The van der Waals surface area contributed by atoms with E-state index >= 15 is 0 Å². The molecule has 3 heterocycles. The minimum absolute atomic E-state index is 0.0171. The Kier molecular flexibility index (Phi) is 5.42. The van der Waals surface area contributed by atoms with E-state index in [2.05, 4.69) is 25.2 Å². The van der Waals surface area contributed by atoms with E-state index in [-0.39, 0.29) is 11.8 Å². The highest BCUT2D eigenvalue weighted by atomic mass is 16.5. The zero-order chi connectivity index (χ0) is 19.2. The molecule has 2 aromatic heterocycles. The number of rotatable bonds is 5. The molecule has 4 rings (SSSR count). The Morgan fingerprint density at radius 2 is 1.71 bits per heavy atom. The van der Waals surface area contributed by atoms with Gasteiger partial charge in [-0.3, -0.25) is 9.78 Å². The van der Waals surface area contributed by atoms with Crippen molar-refractivity contribution < 1.29 is 9.53 Å². The molecule has 7 heteroatoms. The molecule has 3 aromatic rings. The van der Waals surface area contributed by atoms with Gasteiger partial charge in [0.25, 0.3) is 0 Å². The maximum absolute atomic E-state index is 12.7. The molecule has 1 N–H and O–H groups in total. The molecule has 0 saturated carbocycles. The highest BCUT2D eigenvalue weighted by molar-refractivity contribution is 5.93. The molecule has 0 aliphatic carbocycles. The molecule has 1 aliphatic rings. The second-order valence-electron chi connectivity index (χ2n) is 6.63. The van der Waals surface area contributed by atoms with Gasteiger partial charge in [0.2, 0.25) is 11.9 Å². The van der Waals surface area contributed by atoms with Gasteiger partial charge in [-0.25, -0.2) is 9.97 Å². The molecule has 1 unspecified atom stereocenters. The second kappa shape index (κ2) is 8.47. The van der Waals surface area contributed by atoms with Crippen LogP contribution in [0.15, 0.2) is 67.3 Å². The zero-order valence-corrected chi connectivity index (χ0v) is 15.4. The number of carbonyl (C=O) groups excluding carboxylic acids is 1. The van der Waals surface area contributed by atoms with Crippen molar-refractivity contribution in [2.24, 2.45) is 5.92 Å². The Hall–Kier alpha value is -3.48. The van der Waals surface area contributed by atoms with E-state index in [1.807, 2.05) is 24.3 Å². The van der Waals surface area contributed by atoms with Gasteiger partial charge in [0.15, 0.2) is 0 Å². The van der Waals surface area contributed by atoms with E-state index in [9.17, 15) is 4.79 Å². The lowest BCUT2D eigenvalue weighted by Gasteiger charge is -2.31. The fourth-order valence-corrected chi connectivity index (χ4v) is 3.22. The predicted octanol–water partition coefficient (Wildman–Crippen LogP) is 3.52. The smallest absolute Gasteiger partial charge is 0.229 e. The first kappa shape index (κ1) is 17.9. The number of nitrogens with zero attached hydrogens (tertiary/aromatic N) is 4. The van der Waals surface area contributed by atoms with Crippen molar-refractivity contribution in [3.63, 3.8) is 0 Å². The molecule has 1 aliphatic heterocycles. The SMILES string of the molecule is O=C(Nc1ccc(Oc2ccncc2)cc1)C1CCCN(c2ncccn2)C1. The number of piperidine rings is 1. The first-order valence-corrected chi connectivity index (χ1v) is 9.29. The summed E-state index contributed by atoms with van der Waals surface area (Å²) in [6.45, 7) is 1.49. The molecule has 7 nitrogen and oxygen atoms in total. The van der Waals surface area contributed by atoms with Crippen molar-refractivity contribution in [2.45, 2.75) is 12.8 Å². The first-order valence-electron chi connectivity index (χ1n) is 9.29. The number of amides is 1. The highest BCUT2D eigenvalue weighted by Gasteiger charge is 2.27. The Morgan fingerprint density at radius 3 is 2.46 bits per heavy atom. The summed E-state index contributed by atoms with van der Waals surface area (Å²) < 4.78 is 5.74. The third kappa shape index (κ3) is 4.43. The Balaban J connectivity index is 1.35. The fraction of sp³-hybridized carbons (Fsp3) is 0.238. The Bertz CT molecular complexity index is 903. The van der Waals surface area contributed by atoms with Gasteiger partial charge >= 0.3 is 0 Å². The summed E-state index contributed by atoms with van der Waals surface area (Å²) in [6.07, 6.45) is 8.60. The molecule has 0 bridgehead atoms. The summed E-state index contributed by atoms with van der Waals surface area (Å²) in [4.78, 5) is 27.3. The average Bonchev–Trinajstić information content (AvgIpc) is 2.76. The molecular weight excluding hydrogens is 354 g/mol. The summed E-state index contributed by atoms with van der Waals surface area (Å²) in [5.74, 6) is 2.03. The normalized spacial score (nSPS) is 16.4. The Labute approximate surface area is 163 Å². The second-order valence-corrected chi connectivity index (χ2v) is 6.63. The number of carbonyl (C=O) groups is 1.